The Labute approximate surface area is 108 Å². The summed E-state index contributed by atoms with van der Waals surface area (Å²) in [7, 11) is 0. The van der Waals surface area contributed by atoms with E-state index in [0.717, 1.165) is 19.6 Å². The molecule has 4 heteroatoms. The van der Waals surface area contributed by atoms with Crippen molar-refractivity contribution in [2.24, 2.45) is 0 Å². The first-order chi connectivity index (χ1) is 8.04. The highest BCUT2D eigenvalue weighted by atomic mass is 32.1. The quantitative estimate of drug-likeness (QED) is 0.894. The van der Waals surface area contributed by atoms with Crippen molar-refractivity contribution in [2.45, 2.75) is 52.6 Å². The Bertz CT molecular complexity index is 384. The van der Waals surface area contributed by atoms with Gasteiger partial charge in [0, 0.05) is 23.5 Å². The molecule has 0 spiro atoms. The van der Waals surface area contributed by atoms with E-state index in [-0.39, 0.29) is 5.54 Å². The number of rotatable bonds is 4. The Hall–Kier alpha value is -0.610. The molecule has 2 heterocycles. The summed E-state index contributed by atoms with van der Waals surface area (Å²) >= 11 is 1.85. The molecule has 0 aliphatic carbocycles. The molecular formula is C13H23N3S. The van der Waals surface area contributed by atoms with Crippen LogP contribution in [0.4, 0.5) is 5.13 Å². The summed E-state index contributed by atoms with van der Waals surface area (Å²) in [6.07, 6.45) is 2.56. The van der Waals surface area contributed by atoms with Crippen LogP contribution in [0.15, 0.2) is 0 Å². The molecule has 0 radical (unpaired) electrons. The van der Waals surface area contributed by atoms with Crippen molar-refractivity contribution in [1.82, 2.24) is 10.3 Å². The van der Waals surface area contributed by atoms with Crippen molar-refractivity contribution in [3.63, 3.8) is 0 Å². The predicted molar refractivity (Wildman–Crippen MR) is 74.9 cm³/mol. The fourth-order valence-electron chi connectivity index (χ4n) is 2.39. The van der Waals surface area contributed by atoms with Gasteiger partial charge in [-0.15, -0.1) is 11.3 Å². The molecule has 1 saturated heterocycles. The lowest BCUT2D eigenvalue weighted by Crippen LogP contribution is -2.38. The molecule has 3 nitrogen and oxygen atoms in total. The first-order valence-electron chi connectivity index (χ1n) is 6.49. The van der Waals surface area contributed by atoms with Gasteiger partial charge in [-0.1, -0.05) is 6.92 Å². The zero-order valence-electron chi connectivity index (χ0n) is 11.3. The highest BCUT2D eigenvalue weighted by Crippen LogP contribution is 2.36. The molecule has 0 aromatic carbocycles. The highest BCUT2D eigenvalue weighted by molar-refractivity contribution is 7.15. The molecule has 1 N–H and O–H groups in total. The number of hydrogen-bond donors (Lipinski definition) is 1. The van der Waals surface area contributed by atoms with Crippen LogP contribution in [0.5, 0.6) is 0 Å². The van der Waals surface area contributed by atoms with Crippen molar-refractivity contribution in [3.8, 4) is 0 Å². The van der Waals surface area contributed by atoms with Gasteiger partial charge in [0.15, 0.2) is 5.13 Å². The molecular weight excluding hydrogens is 230 g/mol. The van der Waals surface area contributed by atoms with E-state index in [9.17, 15) is 0 Å². The van der Waals surface area contributed by atoms with E-state index in [0.29, 0.717) is 0 Å². The first kappa shape index (κ1) is 12.8. The zero-order valence-corrected chi connectivity index (χ0v) is 12.2. The minimum atomic E-state index is 0.278. The number of anilines is 1. The summed E-state index contributed by atoms with van der Waals surface area (Å²) in [6.45, 7) is 12.0. The Morgan fingerprint density at radius 1 is 1.47 bits per heavy atom. The number of nitrogens with zero attached hydrogens (tertiary/aromatic N) is 2. The van der Waals surface area contributed by atoms with Gasteiger partial charge in [-0.2, -0.15) is 0 Å². The third kappa shape index (κ3) is 2.63. The summed E-state index contributed by atoms with van der Waals surface area (Å²) in [5.74, 6) is 0. The van der Waals surface area contributed by atoms with E-state index in [1.54, 1.807) is 0 Å². The maximum atomic E-state index is 4.75. The van der Waals surface area contributed by atoms with Gasteiger partial charge in [0.1, 0.15) is 0 Å². The first-order valence-corrected chi connectivity index (χ1v) is 7.31. The van der Waals surface area contributed by atoms with Crippen molar-refractivity contribution in [2.75, 3.05) is 18.0 Å². The third-order valence-electron chi connectivity index (χ3n) is 3.55. The third-order valence-corrected chi connectivity index (χ3v) is 4.73. The summed E-state index contributed by atoms with van der Waals surface area (Å²) in [5, 5.41) is 4.59. The van der Waals surface area contributed by atoms with E-state index in [1.807, 2.05) is 11.3 Å². The molecule has 1 aromatic rings. The van der Waals surface area contributed by atoms with Gasteiger partial charge in [-0.25, -0.2) is 4.98 Å². The number of thiazole rings is 1. The van der Waals surface area contributed by atoms with Crippen LogP contribution in [0, 0.1) is 6.92 Å². The molecule has 1 fully saturated rings. The normalized spacial score (nSPS) is 18.9. The van der Waals surface area contributed by atoms with Gasteiger partial charge in [0.2, 0.25) is 0 Å². The molecule has 0 amide bonds. The molecule has 0 atom stereocenters. The van der Waals surface area contributed by atoms with Crippen molar-refractivity contribution in [1.29, 1.82) is 0 Å². The second-order valence-corrected chi connectivity index (χ2v) is 6.42. The monoisotopic (exact) mass is 253 g/mol. The second-order valence-electron chi connectivity index (χ2n) is 5.35. The van der Waals surface area contributed by atoms with Crippen molar-refractivity contribution in [3.05, 3.63) is 10.6 Å². The van der Waals surface area contributed by atoms with Gasteiger partial charge >= 0.3 is 0 Å². The number of nitrogens with one attached hydrogen (secondary N) is 1. The van der Waals surface area contributed by atoms with Gasteiger partial charge in [-0.3, -0.25) is 0 Å². The zero-order chi connectivity index (χ0) is 12.5. The molecule has 96 valence electrons. The minimum Gasteiger partial charge on any atom is -0.343 e. The van der Waals surface area contributed by atoms with Crippen molar-refractivity contribution < 1.29 is 0 Å². The molecule has 0 unspecified atom stereocenters. The maximum Gasteiger partial charge on any atom is 0.186 e. The molecule has 1 aliphatic rings. The lowest BCUT2D eigenvalue weighted by Gasteiger charge is -2.31. The lowest BCUT2D eigenvalue weighted by atomic mass is 10.0. The molecule has 1 aromatic heterocycles. The summed E-state index contributed by atoms with van der Waals surface area (Å²) in [5.41, 5.74) is 1.47. The van der Waals surface area contributed by atoms with Crippen LogP contribution in [-0.2, 0) is 6.54 Å². The minimum absolute atomic E-state index is 0.278. The molecule has 0 bridgehead atoms. The standard InChI is InChI=1S/C13H23N3S/c1-5-14-9-11-10(2)15-12(17-11)16-8-6-7-13(16,3)4/h14H,5-9H2,1-4H3. The van der Waals surface area contributed by atoms with Crippen LogP contribution >= 0.6 is 11.3 Å². The molecule has 0 saturated carbocycles. The summed E-state index contributed by atoms with van der Waals surface area (Å²) < 4.78 is 0. The number of hydrogen-bond acceptors (Lipinski definition) is 4. The fourth-order valence-corrected chi connectivity index (χ4v) is 3.61. The Morgan fingerprint density at radius 3 is 2.82 bits per heavy atom. The molecule has 1 aliphatic heterocycles. The predicted octanol–water partition coefficient (Wildman–Crippen LogP) is 2.94. The average molecular weight is 253 g/mol. The Kier molecular flexibility index (Phi) is 3.73. The summed E-state index contributed by atoms with van der Waals surface area (Å²) in [6, 6.07) is 0. The van der Waals surface area contributed by atoms with E-state index in [4.69, 9.17) is 4.98 Å². The maximum absolute atomic E-state index is 4.75. The van der Waals surface area contributed by atoms with E-state index in [2.05, 4.69) is 37.9 Å². The van der Waals surface area contributed by atoms with Gasteiger partial charge in [0.05, 0.1) is 5.69 Å². The van der Waals surface area contributed by atoms with E-state index >= 15 is 0 Å². The topological polar surface area (TPSA) is 28.2 Å². The molecule has 17 heavy (non-hydrogen) atoms. The van der Waals surface area contributed by atoms with Gasteiger partial charge in [0.25, 0.3) is 0 Å². The van der Waals surface area contributed by atoms with Gasteiger partial charge < -0.3 is 10.2 Å². The lowest BCUT2D eigenvalue weighted by molar-refractivity contribution is 0.517. The Morgan fingerprint density at radius 2 is 2.24 bits per heavy atom. The van der Waals surface area contributed by atoms with Gasteiger partial charge in [-0.05, 0) is 40.2 Å². The number of aromatic nitrogens is 1. The SMILES string of the molecule is CCNCc1sc(N2CCCC2(C)C)nc1C. The van der Waals surface area contributed by atoms with Crippen LogP contribution in [0.3, 0.4) is 0 Å². The smallest absolute Gasteiger partial charge is 0.186 e. The van der Waals surface area contributed by atoms with E-state index < -0.39 is 0 Å². The van der Waals surface area contributed by atoms with E-state index in [1.165, 1.54) is 28.5 Å². The second kappa shape index (κ2) is 4.94. The van der Waals surface area contributed by atoms with Crippen molar-refractivity contribution >= 4 is 16.5 Å². The van der Waals surface area contributed by atoms with Crippen LogP contribution in [0.2, 0.25) is 0 Å². The molecule has 2 rings (SSSR count). The fraction of sp³-hybridized carbons (Fsp3) is 0.769. The average Bonchev–Trinajstić information content (AvgIpc) is 2.78. The largest absolute Gasteiger partial charge is 0.343 e. The van der Waals surface area contributed by atoms with Crippen LogP contribution < -0.4 is 10.2 Å². The summed E-state index contributed by atoms with van der Waals surface area (Å²) in [4.78, 5) is 8.60. The van der Waals surface area contributed by atoms with Crippen LogP contribution in [-0.4, -0.2) is 23.6 Å². The van der Waals surface area contributed by atoms with Crippen LogP contribution in [0.1, 0.15) is 44.2 Å². The highest BCUT2D eigenvalue weighted by Gasteiger charge is 2.33. The Balaban J connectivity index is 2.16. The number of aryl methyl sites for hydroxylation is 1. The van der Waals surface area contributed by atoms with Crippen LogP contribution in [0.25, 0.3) is 0 Å².